The van der Waals surface area contributed by atoms with E-state index in [4.69, 9.17) is 5.11 Å². The maximum Gasteiger partial charge on any atom is 0.307 e. The molecule has 1 rings (SSSR count). The van der Waals surface area contributed by atoms with Crippen molar-refractivity contribution in [1.29, 1.82) is 0 Å². The average Bonchev–Trinajstić information content (AvgIpc) is 2.62. The van der Waals surface area contributed by atoms with Gasteiger partial charge in [0.1, 0.15) is 0 Å². The number of hydrogen-bond donors (Lipinski definition) is 1. The molecule has 2 atom stereocenters. The molecule has 10 heavy (non-hydrogen) atoms. The molecule has 0 radical (unpaired) electrons. The Morgan fingerprint density at radius 3 is 2.80 bits per heavy atom. The smallest absolute Gasteiger partial charge is 0.307 e. The number of rotatable bonds is 3. The first-order valence-corrected chi connectivity index (χ1v) is 3.27. The number of carbonyl (C=O) groups is 1. The third-order valence-electron chi connectivity index (χ3n) is 1.65. The van der Waals surface area contributed by atoms with Crippen LogP contribution in [0.15, 0.2) is 24.8 Å². The summed E-state index contributed by atoms with van der Waals surface area (Å²) >= 11 is 0. The number of aliphatic carboxylic acids is 1. The van der Waals surface area contributed by atoms with Crippen LogP contribution in [-0.2, 0) is 4.79 Å². The van der Waals surface area contributed by atoms with Crippen molar-refractivity contribution in [2.24, 2.45) is 11.8 Å². The molecule has 1 N–H and O–H groups in total. The highest BCUT2D eigenvalue weighted by Crippen LogP contribution is 2.39. The van der Waals surface area contributed by atoms with Gasteiger partial charge in [-0.1, -0.05) is 24.8 Å². The van der Waals surface area contributed by atoms with Crippen LogP contribution >= 0.6 is 0 Å². The summed E-state index contributed by atoms with van der Waals surface area (Å²) < 4.78 is 0. The van der Waals surface area contributed by atoms with Gasteiger partial charge < -0.3 is 5.11 Å². The van der Waals surface area contributed by atoms with Crippen molar-refractivity contribution in [2.45, 2.75) is 6.42 Å². The molecule has 0 aliphatic heterocycles. The van der Waals surface area contributed by atoms with Crippen molar-refractivity contribution >= 4 is 5.97 Å². The van der Waals surface area contributed by atoms with Crippen LogP contribution in [0.5, 0.6) is 0 Å². The molecule has 0 aromatic heterocycles. The van der Waals surface area contributed by atoms with Gasteiger partial charge in [0.15, 0.2) is 0 Å². The molecule has 0 heterocycles. The van der Waals surface area contributed by atoms with E-state index >= 15 is 0 Å². The monoisotopic (exact) mass is 138 g/mol. The van der Waals surface area contributed by atoms with Crippen LogP contribution in [0.2, 0.25) is 0 Å². The molecule has 1 aliphatic carbocycles. The summed E-state index contributed by atoms with van der Waals surface area (Å²) in [7, 11) is 0. The molecule has 0 bridgehead atoms. The van der Waals surface area contributed by atoms with Gasteiger partial charge in [0.05, 0.1) is 5.92 Å². The lowest BCUT2D eigenvalue weighted by atomic mass is 10.3. The maximum atomic E-state index is 10.3. The minimum atomic E-state index is -0.682. The quantitative estimate of drug-likeness (QED) is 0.599. The van der Waals surface area contributed by atoms with Crippen LogP contribution in [0.25, 0.3) is 0 Å². The van der Waals surface area contributed by atoms with E-state index in [1.165, 1.54) is 0 Å². The van der Waals surface area contributed by atoms with Gasteiger partial charge in [-0.05, 0) is 12.3 Å². The largest absolute Gasteiger partial charge is 0.481 e. The highest BCUT2D eigenvalue weighted by molar-refractivity contribution is 5.73. The second kappa shape index (κ2) is 2.69. The fourth-order valence-corrected chi connectivity index (χ4v) is 0.933. The fraction of sp³-hybridized carbons (Fsp3) is 0.375. The second-order valence-corrected chi connectivity index (χ2v) is 2.46. The van der Waals surface area contributed by atoms with E-state index in [2.05, 4.69) is 6.58 Å². The van der Waals surface area contributed by atoms with Gasteiger partial charge in [-0.3, -0.25) is 4.79 Å². The van der Waals surface area contributed by atoms with Crippen LogP contribution < -0.4 is 0 Å². The summed E-state index contributed by atoms with van der Waals surface area (Å²) in [5.74, 6) is -0.551. The molecule has 54 valence electrons. The van der Waals surface area contributed by atoms with Crippen molar-refractivity contribution < 1.29 is 9.90 Å². The van der Waals surface area contributed by atoms with Crippen LogP contribution in [0.3, 0.4) is 0 Å². The van der Waals surface area contributed by atoms with E-state index in [9.17, 15) is 4.79 Å². The standard InChI is InChI=1S/C8H10O2/c1-2-3-4-6-5-7(6)8(9)10/h2-4,6-7H,1,5H2,(H,9,10). The van der Waals surface area contributed by atoms with Crippen LogP contribution in [0.1, 0.15) is 6.42 Å². The topological polar surface area (TPSA) is 37.3 Å². The van der Waals surface area contributed by atoms with Crippen LogP contribution in [-0.4, -0.2) is 11.1 Å². The highest BCUT2D eigenvalue weighted by Gasteiger charge is 2.40. The Balaban J connectivity index is 2.32. The van der Waals surface area contributed by atoms with Gasteiger partial charge in [-0.2, -0.15) is 0 Å². The van der Waals surface area contributed by atoms with E-state index in [0.717, 1.165) is 6.42 Å². The Morgan fingerprint density at radius 2 is 2.40 bits per heavy atom. The van der Waals surface area contributed by atoms with Gasteiger partial charge in [0.25, 0.3) is 0 Å². The first-order chi connectivity index (χ1) is 4.75. The molecular formula is C8H10O2. The van der Waals surface area contributed by atoms with E-state index < -0.39 is 5.97 Å². The maximum absolute atomic E-state index is 10.3. The number of hydrogen-bond acceptors (Lipinski definition) is 1. The Labute approximate surface area is 59.9 Å². The molecule has 2 heteroatoms. The molecule has 0 spiro atoms. The SMILES string of the molecule is C=CC=CC1CC1C(=O)O. The zero-order valence-electron chi connectivity index (χ0n) is 5.66. The summed E-state index contributed by atoms with van der Waals surface area (Å²) in [6.45, 7) is 3.50. The lowest BCUT2D eigenvalue weighted by molar-refractivity contribution is -0.138. The van der Waals surface area contributed by atoms with E-state index in [-0.39, 0.29) is 11.8 Å². The molecule has 0 amide bonds. The molecule has 0 aromatic rings. The number of carboxylic acids is 1. The Morgan fingerprint density at radius 1 is 1.70 bits per heavy atom. The van der Waals surface area contributed by atoms with Gasteiger partial charge >= 0.3 is 5.97 Å². The molecule has 1 saturated carbocycles. The minimum Gasteiger partial charge on any atom is -0.481 e. The van der Waals surface area contributed by atoms with E-state index in [1.807, 2.05) is 6.08 Å². The van der Waals surface area contributed by atoms with Crippen molar-refractivity contribution in [3.8, 4) is 0 Å². The van der Waals surface area contributed by atoms with Crippen LogP contribution in [0, 0.1) is 11.8 Å². The summed E-state index contributed by atoms with van der Waals surface area (Å²) in [5.41, 5.74) is 0. The number of allylic oxidation sites excluding steroid dienone is 3. The van der Waals surface area contributed by atoms with Crippen molar-refractivity contribution in [3.63, 3.8) is 0 Å². The van der Waals surface area contributed by atoms with E-state index in [1.54, 1.807) is 12.2 Å². The van der Waals surface area contributed by atoms with E-state index in [0.29, 0.717) is 0 Å². The van der Waals surface area contributed by atoms with Gasteiger partial charge in [-0.15, -0.1) is 0 Å². The van der Waals surface area contributed by atoms with Crippen molar-refractivity contribution in [2.75, 3.05) is 0 Å². The molecule has 2 nitrogen and oxygen atoms in total. The first-order valence-electron chi connectivity index (χ1n) is 3.27. The molecule has 0 aromatic carbocycles. The molecular weight excluding hydrogens is 128 g/mol. The summed E-state index contributed by atoms with van der Waals surface area (Å²) in [6, 6.07) is 0. The first kappa shape index (κ1) is 7.06. The van der Waals surface area contributed by atoms with Crippen molar-refractivity contribution in [1.82, 2.24) is 0 Å². The third kappa shape index (κ3) is 1.47. The van der Waals surface area contributed by atoms with Gasteiger partial charge in [0, 0.05) is 0 Å². The average molecular weight is 138 g/mol. The molecule has 2 unspecified atom stereocenters. The Hall–Kier alpha value is -1.05. The third-order valence-corrected chi connectivity index (χ3v) is 1.65. The Kier molecular flexibility index (Phi) is 1.90. The fourth-order valence-electron chi connectivity index (χ4n) is 0.933. The lowest BCUT2D eigenvalue weighted by Crippen LogP contribution is -1.97. The molecule has 1 fully saturated rings. The summed E-state index contributed by atoms with van der Waals surface area (Å²) in [4.78, 5) is 10.3. The highest BCUT2D eigenvalue weighted by atomic mass is 16.4. The predicted octanol–water partition coefficient (Wildman–Crippen LogP) is 1.45. The van der Waals surface area contributed by atoms with Gasteiger partial charge in [0.2, 0.25) is 0 Å². The zero-order valence-corrected chi connectivity index (χ0v) is 5.66. The number of carboxylic acid groups (broad SMARTS) is 1. The van der Waals surface area contributed by atoms with Gasteiger partial charge in [-0.25, -0.2) is 0 Å². The summed E-state index contributed by atoms with van der Waals surface area (Å²) in [5, 5.41) is 8.46. The zero-order chi connectivity index (χ0) is 7.56. The molecule has 1 aliphatic rings. The second-order valence-electron chi connectivity index (χ2n) is 2.46. The van der Waals surface area contributed by atoms with Crippen LogP contribution in [0.4, 0.5) is 0 Å². The Bertz CT molecular complexity index is 182. The normalized spacial score (nSPS) is 30.4. The minimum absolute atomic E-state index is 0.129. The predicted molar refractivity (Wildman–Crippen MR) is 38.6 cm³/mol. The molecule has 0 saturated heterocycles. The van der Waals surface area contributed by atoms with Crippen molar-refractivity contribution in [3.05, 3.63) is 24.8 Å². The lowest BCUT2D eigenvalue weighted by Gasteiger charge is -1.83. The summed E-state index contributed by atoms with van der Waals surface area (Å²) in [6.07, 6.45) is 6.15.